The predicted molar refractivity (Wildman–Crippen MR) is 88.1 cm³/mol. The molecule has 1 aliphatic rings. The zero-order valence-corrected chi connectivity index (χ0v) is 13.9. The number of hydrogen-bond acceptors (Lipinski definition) is 3. The van der Waals surface area contributed by atoms with Crippen LogP contribution < -0.4 is 0 Å². The molecule has 116 valence electrons. The van der Waals surface area contributed by atoms with Crippen LogP contribution in [0.25, 0.3) is 0 Å². The van der Waals surface area contributed by atoms with E-state index in [1.165, 1.54) is 0 Å². The minimum absolute atomic E-state index is 0.0632. The number of likely N-dealkylation sites (tertiary alicyclic amines) is 1. The average molecular weight is 309 g/mol. The van der Waals surface area contributed by atoms with E-state index in [-0.39, 0.29) is 11.8 Å². The number of Topliss-reactive ketones (excluding diaryl/α,β-unsaturated/α-hetero) is 1. The third-order valence-electron chi connectivity index (χ3n) is 4.58. The van der Waals surface area contributed by atoms with E-state index in [0.29, 0.717) is 11.1 Å². The van der Waals surface area contributed by atoms with E-state index in [2.05, 4.69) is 23.6 Å². The van der Waals surface area contributed by atoms with Gasteiger partial charge in [0.2, 0.25) is 0 Å². The number of carbonyl (C=O) groups is 1. The highest BCUT2D eigenvalue weighted by molar-refractivity contribution is 6.30. The molecule has 0 aliphatic carbocycles. The molecule has 0 bridgehead atoms. The van der Waals surface area contributed by atoms with E-state index >= 15 is 0 Å². The van der Waals surface area contributed by atoms with Gasteiger partial charge in [-0.3, -0.25) is 14.6 Å². The first-order valence-corrected chi connectivity index (χ1v) is 8.22. The molecule has 0 N–H and O–H groups in total. The summed E-state index contributed by atoms with van der Waals surface area (Å²) in [6, 6.07) is 7.72. The number of hydrogen-bond donors (Lipinski definition) is 0. The quantitative estimate of drug-likeness (QED) is 0.753. The zero-order chi connectivity index (χ0) is 15.4. The molecule has 2 unspecified atom stereocenters. The molecule has 0 amide bonds. The van der Waals surface area contributed by atoms with Crippen molar-refractivity contribution >= 4 is 17.4 Å². The van der Waals surface area contributed by atoms with Crippen molar-refractivity contribution in [1.29, 1.82) is 0 Å². The van der Waals surface area contributed by atoms with Gasteiger partial charge in [-0.05, 0) is 50.7 Å². The van der Waals surface area contributed by atoms with Crippen molar-refractivity contribution in [3.63, 3.8) is 0 Å². The molecule has 1 fully saturated rings. The van der Waals surface area contributed by atoms with E-state index < -0.39 is 0 Å². The van der Waals surface area contributed by atoms with Crippen molar-refractivity contribution in [2.75, 3.05) is 26.2 Å². The summed E-state index contributed by atoms with van der Waals surface area (Å²) in [6.45, 7) is 10.6. The highest BCUT2D eigenvalue weighted by atomic mass is 35.5. The number of likely N-dealkylation sites (N-methyl/N-ethyl adjacent to an activating group) is 1. The van der Waals surface area contributed by atoms with Gasteiger partial charge in [-0.25, -0.2) is 0 Å². The highest BCUT2D eigenvalue weighted by Gasteiger charge is 2.31. The van der Waals surface area contributed by atoms with Gasteiger partial charge in [0, 0.05) is 29.7 Å². The Balaban J connectivity index is 1.99. The molecule has 0 radical (unpaired) electrons. The summed E-state index contributed by atoms with van der Waals surface area (Å²) >= 11 is 5.88. The second-order valence-corrected chi connectivity index (χ2v) is 6.14. The maximum Gasteiger partial charge on any atom is 0.179 e. The monoisotopic (exact) mass is 308 g/mol. The van der Waals surface area contributed by atoms with Gasteiger partial charge < -0.3 is 0 Å². The van der Waals surface area contributed by atoms with Crippen LogP contribution in [0.1, 0.15) is 37.6 Å². The van der Waals surface area contributed by atoms with Crippen LogP contribution in [-0.4, -0.2) is 53.8 Å². The lowest BCUT2D eigenvalue weighted by Crippen LogP contribution is -2.41. The molecule has 4 heteroatoms. The number of carbonyl (C=O) groups excluding carboxylic acids is 1. The van der Waals surface area contributed by atoms with Crippen LogP contribution in [0.5, 0.6) is 0 Å². The largest absolute Gasteiger partial charge is 0.300 e. The van der Waals surface area contributed by atoms with Crippen LogP contribution in [-0.2, 0) is 0 Å². The molecule has 0 aromatic heterocycles. The van der Waals surface area contributed by atoms with Crippen LogP contribution in [0.4, 0.5) is 0 Å². The Morgan fingerprint density at radius 2 is 1.95 bits per heavy atom. The first kappa shape index (κ1) is 16.5. The maximum atomic E-state index is 12.6. The van der Waals surface area contributed by atoms with Crippen LogP contribution >= 0.6 is 11.6 Å². The molecule has 21 heavy (non-hydrogen) atoms. The molecular weight excluding hydrogens is 284 g/mol. The van der Waals surface area contributed by atoms with Crippen molar-refractivity contribution in [2.24, 2.45) is 0 Å². The molecule has 1 aromatic rings. The molecule has 1 saturated heterocycles. The summed E-state index contributed by atoms with van der Waals surface area (Å²) in [4.78, 5) is 17.4. The standard InChI is InChI=1S/C17H25ClN2O/c1-4-19(5-2)16-10-11-20(12-16)13(3)17(21)14-6-8-15(18)9-7-14/h6-9,13,16H,4-5,10-12H2,1-3H3. The third-order valence-corrected chi connectivity index (χ3v) is 4.83. The lowest BCUT2D eigenvalue weighted by Gasteiger charge is -2.28. The molecule has 2 rings (SSSR count). The summed E-state index contributed by atoms with van der Waals surface area (Å²) in [5.74, 6) is 0.187. The highest BCUT2D eigenvalue weighted by Crippen LogP contribution is 2.20. The summed E-state index contributed by atoms with van der Waals surface area (Å²) in [5.41, 5.74) is 0.748. The van der Waals surface area contributed by atoms with Crippen molar-refractivity contribution in [3.8, 4) is 0 Å². The molecule has 1 aliphatic heterocycles. The third kappa shape index (κ3) is 3.85. The average Bonchev–Trinajstić information content (AvgIpc) is 2.97. The summed E-state index contributed by atoms with van der Waals surface area (Å²) in [5, 5.41) is 0.668. The molecule has 0 saturated carbocycles. The normalized spacial score (nSPS) is 20.9. The first-order chi connectivity index (χ1) is 10.1. The number of halogens is 1. The number of rotatable bonds is 6. The summed E-state index contributed by atoms with van der Waals surface area (Å²) in [7, 11) is 0. The number of benzene rings is 1. The van der Waals surface area contributed by atoms with Crippen molar-refractivity contribution in [1.82, 2.24) is 9.80 Å². The Kier molecular flexibility index (Phi) is 5.80. The van der Waals surface area contributed by atoms with Crippen molar-refractivity contribution < 1.29 is 4.79 Å². The fourth-order valence-electron chi connectivity index (χ4n) is 3.18. The predicted octanol–water partition coefficient (Wildman–Crippen LogP) is 3.33. The number of nitrogens with zero attached hydrogens (tertiary/aromatic N) is 2. The smallest absolute Gasteiger partial charge is 0.179 e. The van der Waals surface area contributed by atoms with Gasteiger partial charge in [-0.1, -0.05) is 25.4 Å². The fraction of sp³-hybridized carbons (Fsp3) is 0.588. The lowest BCUT2D eigenvalue weighted by atomic mass is 10.0. The Morgan fingerprint density at radius 1 is 1.33 bits per heavy atom. The second-order valence-electron chi connectivity index (χ2n) is 5.71. The van der Waals surface area contributed by atoms with E-state index in [1.54, 1.807) is 12.1 Å². The molecule has 1 heterocycles. The maximum absolute atomic E-state index is 12.6. The van der Waals surface area contributed by atoms with Gasteiger partial charge in [0.15, 0.2) is 5.78 Å². The zero-order valence-electron chi connectivity index (χ0n) is 13.2. The number of ketones is 1. The van der Waals surface area contributed by atoms with Crippen molar-refractivity contribution in [3.05, 3.63) is 34.9 Å². The topological polar surface area (TPSA) is 23.6 Å². The molecule has 2 atom stereocenters. The van der Waals surface area contributed by atoms with Gasteiger partial charge in [0.05, 0.1) is 6.04 Å². The van der Waals surface area contributed by atoms with Gasteiger partial charge in [-0.15, -0.1) is 0 Å². The van der Waals surface area contributed by atoms with E-state index in [0.717, 1.165) is 38.2 Å². The lowest BCUT2D eigenvalue weighted by molar-refractivity contribution is 0.0856. The first-order valence-electron chi connectivity index (χ1n) is 7.84. The molecular formula is C17H25ClN2O. The Labute approximate surface area is 132 Å². The van der Waals surface area contributed by atoms with E-state index in [4.69, 9.17) is 11.6 Å². The van der Waals surface area contributed by atoms with Crippen LogP contribution in [0.3, 0.4) is 0 Å². The molecule has 3 nitrogen and oxygen atoms in total. The van der Waals surface area contributed by atoms with Gasteiger partial charge >= 0.3 is 0 Å². The SMILES string of the molecule is CCN(CC)C1CCN(C(C)C(=O)c2ccc(Cl)cc2)C1. The Morgan fingerprint density at radius 3 is 2.52 bits per heavy atom. The summed E-state index contributed by atoms with van der Waals surface area (Å²) in [6.07, 6.45) is 1.15. The molecule has 0 spiro atoms. The van der Waals surface area contributed by atoms with E-state index in [1.807, 2.05) is 19.1 Å². The minimum atomic E-state index is -0.0632. The molecule has 1 aromatic carbocycles. The fourth-order valence-corrected chi connectivity index (χ4v) is 3.31. The van der Waals surface area contributed by atoms with Gasteiger partial charge in [-0.2, -0.15) is 0 Å². The van der Waals surface area contributed by atoms with Crippen LogP contribution in [0, 0.1) is 0 Å². The second kappa shape index (κ2) is 7.39. The minimum Gasteiger partial charge on any atom is -0.300 e. The van der Waals surface area contributed by atoms with Gasteiger partial charge in [0.1, 0.15) is 0 Å². The Bertz CT molecular complexity index is 470. The van der Waals surface area contributed by atoms with Crippen molar-refractivity contribution in [2.45, 2.75) is 39.3 Å². The van der Waals surface area contributed by atoms with Gasteiger partial charge in [0.25, 0.3) is 0 Å². The van der Waals surface area contributed by atoms with Crippen LogP contribution in [0.15, 0.2) is 24.3 Å². The summed E-state index contributed by atoms with van der Waals surface area (Å²) < 4.78 is 0. The Hall–Kier alpha value is -0.900. The van der Waals surface area contributed by atoms with Crippen LogP contribution in [0.2, 0.25) is 5.02 Å². The van der Waals surface area contributed by atoms with E-state index in [9.17, 15) is 4.79 Å².